The highest BCUT2D eigenvalue weighted by Gasteiger charge is 2.09. The molecule has 2 heterocycles. The fourth-order valence-electron chi connectivity index (χ4n) is 1.98. The first kappa shape index (κ1) is 12.5. The zero-order valence-corrected chi connectivity index (χ0v) is 12.1. The topological polar surface area (TPSA) is 33.6 Å². The van der Waals surface area contributed by atoms with E-state index in [1.807, 2.05) is 16.7 Å². The van der Waals surface area contributed by atoms with Crippen molar-refractivity contribution in [2.75, 3.05) is 0 Å². The molecule has 19 heavy (non-hydrogen) atoms. The second-order valence-corrected chi connectivity index (χ2v) is 5.40. The van der Waals surface area contributed by atoms with Crippen LogP contribution in [-0.4, -0.2) is 14.5 Å². The molecule has 0 spiro atoms. The predicted molar refractivity (Wildman–Crippen MR) is 78.1 cm³/mol. The lowest BCUT2D eigenvalue weighted by molar-refractivity contribution is 0.622. The molecule has 0 saturated heterocycles. The molecule has 2 aromatic heterocycles. The molecule has 0 aliphatic carbocycles. The minimum absolute atomic E-state index is 0.306. The highest BCUT2D eigenvalue weighted by atomic mass is 79.9. The van der Waals surface area contributed by atoms with Crippen LogP contribution in [0.25, 0.3) is 11.0 Å². The third-order valence-electron chi connectivity index (χ3n) is 2.91. The maximum Gasteiger partial charge on any atom is 0.178 e. The summed E-state index contributed by atoms with van der Waals surface area (Å²) in [5.74, 6) is -0.306. The summed E-state index contributed by atoms with van der Waals surface area (Å²) >= 11 is 8.49. The Hall–Kier alpha value is -1.53. The summed E-state index contributed by atoms with van der Waals surface area (Å²) in [4.78, 5) is 7.00. The molecule has 3 aromatic rings. The average Bonchev–Trinajstić information content (AvgIpc) is 2.68. The minimum atomic E-state index is -0.306. The number of benzene rings is 1. The van der Waals surface area contributed by atoms with E-state index in [1.54, 1.807) is 18.5 Å². The molecule has 0 aliphatic heterocycles. The van der Waals surface area contributed by atoms with Gasteiger partial charge in [-0.15, -0.1) is 0 Å². The van der Waals surface area contributed by atoms with E-state index in [2.05, 4.69) is 25.9 Å². The lowest BCUT2D eigenvalue weighted by Crippen LogP contribution is -1.99. The second kappa shape index (κ2) is 4.86. The highest BCUT2D eigenvalue weighted by molar-refractivity contribution is 9.10. The van der Waals surface area contributed by atoms with Gasteiger partial charge in [0.1, 0.15) is 5.82 Å². The van der Waals surface area contributed by atoms with Gasteiger partial charge < -0.3 is 9.55 Å². The highest BCUT2D eigenvalue weighted by Crippen LogP contribution is 2.23. The molecule has 96 valence electrons. The Morgan fingerprint density at radius 2 is 2.05 bits per heavy atom. The fraction of sp³-hybridized carbons (Fsp3) is 0.0769. The number of hydrogen-bond donors (Lipinski definition) is 1. The van der Waals surface area contributed by atoms with E-state index >= 15 is 0 Å². The number of pyridine rings is 1. The Morgan fingerprint density at radius 3 is 2.79 bits per heavy atom. The standard InChI is InChI=1S/C13H9BrFN3S/c14-9-5-12-11(6-10(9)15)17-13(19)18(12)7-8-1-3-16-4-2-8/h1-6H,7H2,(H,17,19). The van der Waals surface area contributed by atoms with Gasteiger partial charge >= 0.3 is 0 Å². The van der Waals surface area contributed by atoms with Gasteiger partial charge in [0.2, 0.25) is 0 Å². The smallest absolute Gasteiger partial charge is 0.178 e. The van der Waals surface area contributed by atoms with Crippen LogP contribution in [0.1, 0.15) is 5.56 Å². The van der Waals surface area contributed by atoms with E-state index < -0.39 is 0 Å². The van der Waals surface area contributed by atoms with Gasteiger partial charge in [0, 0.05) is 18.5 Å². The molecule has 0 saturated carbocycles. The Labute approximate surface area is 122 Å². The van der Waals surface area contributed by atoms with Crippen LogP contribution in [0.3, 0.4) is 0 Å². The normalized spacial score (nSPS) is 11.1. The summed E-state index contributed by atoms with van der Waals surface area (Å²) < 4.78 is 16.4. The lowest BCUT2D eigenvalue weighted by Gasteiger charge is -2.05. The van der Waals surface area contributed by atoms with Crippen molar-refractivity contribution in [3.63, 3.8) is 0 Å². The first-order valence-electron chi connectivity index (χ1n) is 5.61. The minimum Gasteiger partial charge on any atom is -0.330 e. The van der Waals surface area contributed by atoms with Gasteiger partial charge in [-0.05, 0) is 51.9 Å². The monoisotopic (exact) mass is 337 g/mol. The Balaban J connectivity index is 2.16. The number of aromatic nitrogens is 3. The number of aromatic amines is 1. The van der Waals surface area contributed by atoms with Crippen molar-refractivity contribution in [1.82, 2.24) is 14.5 Å². The first-order valence-corrected chi connectivity index (χ1v) is 6.82. The average molecular weight is 338 g/mol. The molecule has 0 unspecified atom stereocenters. The molecule has 0 amide bonds. The molecule has 3 rings (SSSR count). The number of imidazole rings is 1. The van der Waals surface area contributed by atoms with E-state index in [9.17, 15) is 4.39 Å². The van der Waals surface area contributed by atoms with Crippen molar-refractivity contribution in [3.8, 4) is 0 Å². The maximum absolute atomic E-state index is 13.5. The van der Waals surface area contributed by atoms with Crippen molar-refractivity contribution >= 4 is 39.2 Å². The third-order valence-corrected chi connectivity index (χ3v) is 3.84. The molecule has 6 heteroatoms. The van der Waals surface area contributed by atoms with E-state index in [-0.39, 0.29) is 5.82 Å². The third kappa shape index (κ3) is 2.33. The number of hydrogen-bond acceptors (Lipinski definition) is 2. The van der Waals surface area contributed by atoms with Crippen LogP contribution in [0.15, 0.2) is 41.1 Å². The van der Waals surface area contributed by atoms with E-state index in [0.717, 1.165) is 11.1 Å². The fourth-order valence-corrected chi connectivity index (χ4v) is 2.58. The van der Waals surface area contributed by atoms with Gasteiger partial charge in [0.15, 0.2) is 4.77 Å². The van der Waals surface area contributed by atoms with Gasteiger partial charge in [-0.1, -0.05) is 0 Å². The van der Waals surface area contributed by atoms with Crippen LogP contribution in [0.4, 0.5) is 4.39 Å². The van der Waals surface area contributed by atoms with E-state index in [0.29, 0.717) is 21.3 Å². The number of nitrogens with one attached hydrogen (secondary N) is 1. The summed E-state index contributed by atoms with van der Waals surface area (Å²) in [6, 6.07) is 7.04. The number of halogens is 2. The van der Waals surface area contributed by atoms with Gasteiger partial charge in [0.25, 0.3) is 0 Å². The largest absolute Gasteiger partial charge is 0.330 e. The van der Waals surface area contributed by atoms with Crippen LogP contribution in [0.2, 0.25) is 0 Å². The molecule has 0 fully saturated rings. The van der Waals surface area contributed by atoms with Crippen LogP contribution >= 0.6 is 28.1 Å². The Morgan fingerprint density at radius 1 is 1.32 bits per heavy atom. The van der Waals surface area contributed by atoms with Crippen molar-refractivity contribution in [3.05, 3.63) is 57.3 Å². The molecule has 1 aromatic carbocycles. The molecular formula is C13H9BrFN3S. The predicted octanol–water partition coefficient (Wildman–Crippen LogP) is 4.04. The molecule has 3 nitrogen and oxygen atoms in total. The zero-order chi connectivity index (χ0) is 13.4. The molecule has 0 aliphatic rings. The van der Waals surface area contributed by atoms with Crippen LogP contribution in [0.5, 0.6) is 0 Å². The maximum atomic E-state index is 13.5. The Kier molecular flexibility index (Phi) is 3.20. The van der Waals surface area contributed by atoms with Crippen molar-refractivity contribution in [2.24, 2.45) is 0 Å². The van der Waals surface area contributed by atoms with Crippen LogP contribution in [0, 0.1) is 10.6 Å². The molecule has 1 N–H and O–H groups in total. The Bertz CT molecular complexity index is 795. The van der Waals surface area contributed by atoms with Crippen LogP contribution in [-0.2, 0) is 6.54 Å². The van der Waals surface area contributed by atoms with E-state index in [1.165, 1.54) is 6.07 Å². The second-order valence-electron chi connectivity index (χ2n) is 4.16. The molecule has 0 bridgehead atoms. The van der Waals surface area contributed by atoms with Gasteiger partial charge in [-0.3, -0.25) is 4.98 Å². The number of H-pyrrole nitrogens is 1. The van der Waals surface area contributed by atoms with Crippen LogP contribution < -0.4 is 0 Å². The quantitative estimate of drug-likeness (QED) is 0.716. The summed E-state index contributed by atoms with van der Waals surface area (Å²) in [6.45, 7) is 0.624. The number of nitrogens with zero attached hydrogens (tertiary/aromatic N) is 2. The van der Waals surface area contributed by atoms with Crippen molar-refractivity contribution in [2.45, 2.75) is 6.54 Å². The molecular weight excluding hydrogens is 329 g/mol. The zero-order valence-electron chi connectivity index (χ0n) is 9.73. The van der Waals surface area contributed by atoms with E-state index in [4.69, 9.17) is 12.2 Å². The van der Waals surface area contributed by atoms with Gasteiger partial charge in [0.05, 0.1) is 22.1 Å². The number of fused-ring (bicyclic) bond motifs is 1. The van der Waals surface area contributed by atoms with Crippen molar-refractivity contribution < 1.29 is 4.39 Å². The number of rotatable bonds is 2. The molecule has 0 atom stereocenters. The SMILES string of the molecule is Fc1cc2[nH]c(=S)n(Cc3ccncc3)c2cc1Br. The lowest BCUT2D eigenvalue weighted by atomic mass is 10.2. The van der Waals surface area contributed by atoms with Crippen molar-refractivity contribution in [1.29, 1.82) is 0 Å². The summed E-state index contributed by atoms with van der Waals surface area (Å²) in [7, 11) is 0. The molecule has 0 radical (unpaired) electrons. The summed E-state index contributed by atoms with van der Waals surface area (Å²) in [5, 5.41) is 0. The summed E-state index contributed by atoms with van der Waals surface area (Å²) in [6.07, 6.45) is 3.48. The van der Waals surface area contributed by atoms with Gasteiger partial charge in [-0.25, -0.2) is 4.39 Å². The van der Waals surface area contributed by atoms with Gasteiger partial charge in [-0.2, -0.15) is 0 Å². The first-order chi connectivity index (χ1) is 9.15. The summed E-state index contributed by atoms with van der Waals surface area (Å²) in [5.41, 5.74) is 2.65.